The molecule has 0 aliphatic carbocycles. The van der Waals surface area contributed by atoms with Gasteiger partial charge in [-0.05, 0) is 31.9 Å². The Kier molecular flexibility index (Phi) is 4.44. The second kappa shape index (κ2) is 6.07. The average Bonchev–Trinajstić information content (AvgIpc) is 2.76. The maximum absolute atomic E-state index is 13.5. The third kappa shape index (κ3) is 3.62. The number of rotatable bonds is 5. The Morgan fingerprint density at radius 1 is 1.39 bits per heavy atom. The first-order valence-electron chi connectivity index (χ1n) is 6.03. The first kappa shape index (κ1) is 13.2. The molecule has 0 radical (unpaired) electrons. The molecule has 18 heavy (non-hydrogen) atoms. The van der Waals surface area contributed by atoms with E-state index in [2.05, 4.69) is 22.6 Å². The van der Waals surface area contributed by atoms with Crippen LogP contribution in [0.15, 0.2) is 29.6 Å². The molecule has 1 N–H and O–H groups in total. The maximum atomic E-state index is 13.5. The molecule has 1 unspecified atom stereocenters. The fraction of sp³-hybridized carbons (Fsp3) is 0.357. The van der Waals surface area contributed by atoms with Crippen molar-refractivity contribution in [1.29, 1.82) is 0 Å². The van der Waals surface area contributed by atoms with Crippen LogP contribution in [0.1, 0.15) is 23.2 Å². The van der Waals surface area contributed by atoms with Gasteiger partial charge in [0.05, 0.1) is 10.7 Å². The van der Waals surface area contributed by atoms with Gasteiger partial charge in [0.15, 0.2) is 0 Å². The van der Waals surface area contributed by atoms with Crippen LogP contribution >= 0.6 is 11.3 Å². The predicted molar refractivity (Wildman–Crippen MR) is 73.3 cm³/mol. The van der Waals surface area contributed by atoms with E-state index in [1.807, 2.05) is 19.1 Å². The molecule has 0 amide bonds. The normalized spacial score (nSPS) is 12.6. The molecule has 0 fully saturated rings. The predicted octanol–water partition coefficient (Wildman–Crippen LogP) is 3.31. The lowest BCUT2D eigenvalue weighted by atomic mass is 10.1. The van der Waals surface area contributed by atoms with Gasteiger partial charge in [-0.25, -0.2) is 9.37 Å². The van der Waals surface area contributed by atoms with Crippen molar-refractivity contribution in [2.45, 2.75) is 32.9 Å². The number of aryl methyl sites for hydroxylation is 1. The minimum absolute atomic E-state index is 0.129. The molecule has 2 aromatic rings. The molecule has 0 saturated heterocycles. The van der Waals surface area contributed by atoms with Gasteiger partial charge in [-0.3, -0.25) is 0 Å². The van der Waals surface area contributed by atoms with E-state index < -0.39 is 0 Å². The van der Waals surface area contributed by atoms with Crippen LogP contribution in [0.4, 0.5) is 4.39 Å². The fourth-order valence-corrected chi connectivity index (χ4v) is 2.45. The van der Waals surface area contributed by atoms with E-state index in [1.54, 1.807) is 17.4 Å². The summed E-state index contributed by atoms with van der Waals surface area (Å²) < 4.78 is 13.5. The van der Waals surface area contributed by atoms with Crippen molar-refractivity contribution in [3.05, 3.63) is 51.7 Å². The first-order chi connectivity index (χ1) is 8.65. The topological polar surface area (TPSA) is 24.9 Å². The smallest absolute Gasteiger partial charge is 0.126 e. The van der Waals surface area contributed by atoms with Gasteiger partial charge in [0, 0.05) is 18.0 Å². The number of thiazole rings is 1. The lowest BCUT2D eigenvalue weighted by Crippen LogP contribution is -2.28. The van der Waals surface area contributed by atoms with E-state index in [1.165, 1.54) is 6.07 Å². The van der Waals surface area contributed by atoms with E-state index >= 15 is 0 Å². The summed E-state index contributed by atoms with van der Waals surface area (Å²) in [6, 6.07) is 7.15. The number of nitrogens with zero attached hydrogens (tertiary/aromatic N) is 1. The zero-order chi connectivity index (χ0) is 13.0. The second-order valence-corrected chi connectivity index (χ2v) is 5.50. The van der Waals surface area contributed by atoms with Gasteiger partial charge in [-0.15, -0.1) is 11.3 Å². The highest BCUT2D eigenvalue weighted by molar-refractivity contribution is 7.09. The third-order valence-corrected chi connectivity index (χ3v) is 3.60. The SMILES string of the molecule is Cc1nc(CNC(C)Cc2ccccc2F)cs1. The molecule has 1 aromatic carbocycles. The van der Waals surface area contributed by atoms with Crippen molar-refractivity contribution in [2.24, 2.45) is 0 Å². The minimum Gasteiger partial charge on any atom is -0.308 e. The van der Waals surface area contributed by atoms with Crippen LogP contribution in [-0.4, -0.2) is 11.0 Å². The number of nitrogens with one attached hydrogen (secondary N) is 1. The molecule has 4 heteroatoms. The molecule has 96 valence electrons. The Hall–Kier alpha value is -1.26. The summed E-state index contributed by atoms with van der Waals surface area (Å²) in [6.07, 6.45) is 0.690. The number of halogens is 1. The molecule has 1 heterocycles. The summed E-state index contributed by atoms with van der Waals surface area (Å²) in [7, 11) is 0. The van der Waals surface area contributed by atoms with Gasteiger partial charge in [0.2, 0.25) is 0 Å². The fourth-order valence-electron chi connectivity index (χ4n) is 1.83. The molecular formula is C14H17FN2S. The van der Waals surface area contributed by atoms with E-state index in [0.717, 1.165) is 22.8 Å². The number of benzene rings is 1. The molecule has 1 aromatic heterocycles. The molecule has 0 bridgehead atoms. The standard InChI is InChI=1S/C14H17FN2S/c1-10(7-12-5-3-4-6-14(12)15)16-8-13-9-18-11(2)17-13/h3-6,9-10,16H,7-8H2,1-2H3. The average molecular weight is 264 g/mol. The highest BCUT2D eigenvalue weighted by Gasteiger charge is 2.07. The Labute approximate surface area is 111 Å². The molecular weight excluding hydrogens is 247 g/mol. The summed E-state index contributed by atoms with van der Waals surface area (Å²) in [6.45, 7) is 4.79. The van der Waals surface area contributed by atoms with Crippen molar-refractivity contribution in [2.75, 3.05) is 0 Å². The van der Waals surface area contributed by atoms with Crippen LogP contribution in [0.2, 0.25) is 0 Å². The van der Waals surface area contributed by atoms with Gasteiger partial charge in [0.25, 0.3) is 0 Å². The van der Waals surface area contributed by atoms with Crippen LogP contribution in [0.25, 0.3) is 0 Å². The van der Waals surface area contributed by atoms with Gasteiger partial charge in [-0.2, -0.15) is 0 Å². The lowest BCUT2D eigenvalue weighted by molar-refractivity contribution is 0.522. The lowest BCUT2D eigenvalue weighted by Gasteiger charge is -2.13. The monoisotopic (exact) mass is 264 g/mol. The first-order valence-corrected chi connectivity index (χ1v) is 6.91. The highest BCUT2D eigenvalue weighted by atomic mass is 32.1. The van der Waals surface area contributed by atoms with Crippen LogP contribution in [0.3, 0.4) is 0 Å². The van der Waals surface area contributed by atoms with Gasteiger partial charge < -0.3 is 5.32 Å². The van der Waals surface area contributed by atoms with Gasteiger partial charge in [-0.1, -0.05) is 18.2 Å². The highest BCUT2D eigenvalue weighted by Crippen LogP contribution is 2.10. The summed E-state index contributed by atoms with van der Waals surface area (Å²) in [5, 5.41) is 6.50. The number of aromatic nitrogens is 1. The van der Waals surface area contributed by atoms with Crippen LogP contribution in [-0.2, 0) is 13.0 Å². The van der Waals surface area contributed by atoms with E-state index in [-0.39, 0.29) is 11.9 Å². The number of hydrogen-bond donors (Lipinski definition) is 1. The molecule has 0 aliphatic heterocycles. The quantitative estimate of drug-likeness (QED) is 0.896. The van der Waals surface area contributed by atoms with Crippen molar-refractivity contribution in [3.8, 4) is 0 Å². The van der Waals surface area contributed by atoms with E-state index in [0.29, 0.717) is 6.42 Å². The second-order valence-electron chi connectivity index (χ2n) is 4.44. The molecule has 0 saturated carbocycles. The zero-order valence-corrected chi connectivity index (χ0v) is 11.4. The van der Waals surface area contributed by atoms with Crippen molar-refractivity contribution in [3.63, 3.8) is 0 Å². The van der Waals surface area contributed by atoms with Crippen molar-refractivity contribution in [1.82, 2.24) is 10.3 Å². The molecule has 2 rings (SSSR count). The Morgan fingerprint density at radius 3 is 2.83 bits per heavy atom. The van der Waals surface area contributed by atoms with E-state index in [9.17, 15) is 4.39 Å². The van der Waals surface area contributed by atoms with Crippen molar-refractivity contribution >= 4 is 11.3 Å². The van der Waals surface area contributed by atoms with Gasteiger partial charge in [0.1, 0.15) is 5.82 Å². The summed E-state index contributed by atoms with van der Waals surface area (Å²) in [4.78, 5) is 4.39. The summed E-state index contributed by atoms with van der Waals surface area (Å²) in [5.74, 6) is -0.129. The third-order valence-electron chi connectivity index (χ3n) is 2.78. The van der Waals surface area contributed by atoms with Crippen LogP contribution in [0, 0.1) is 12.7 Å². The van der Waals surface area contributed by atoms with Crippen LogP contribution < -0.4 is 5.32 Å². The minimum atomic E-state index is -0.129. The number of hydrogen-bond acceptors (Lipinski definition) is 3. The summed E-state index contributed by atoms with van der Waals surface area (Å²) in [5.41, 5.74) is 1.81. The molecule has 0 aliphatic rings. The maximum Gasteiger partial charge on any atom is 0.126 e. The largest absolute Gasteiger partial charge is 0.308 e. The zero-order valence-electron chi connectivity index (χ0n) is 10.6. The molecule has 0 spiro atoms. The Balaban J connectivity index is 1.85. The van der Waals surface area contributed by atoms with Crippen molar-refractivity contribution < 1.29 is 4.39 Å². The summed E-state index contributed by atoms with van der Waals surface area (Å²) >= 11 is 1.65. The Bertz CT molecular complexity index is 510. The van der Waals surface area contributed by atoms with E-state index in [4.69, 9.17) is 0 Å². The Morgan fingerprint density at radius 2 is 2.17 bits per heavy atom. The molecule has 2 nitrogen and oxygen atoms in total. The van der Waals surface area contributed by atoms with Gasteiger partial charge >= 0.3 is 0 Å². The molecule has 1 atom stereocenters. The van der Waals surface area contributed by atoms with Crippen LogP contribution in [0.5, 0.6) is 0 Å².